The zero-order chi connectivity index (χ0) is 12.6. The van der Waals surface area contributed by atoms with Crippen molar-refractivity contribution in [1.82, 2.24) is 0 Å². The van der Waals surface area contributed by atoms with E-state index in [4.69, 9.17) is 0 Å². The van der Waals surface area contributed by atoms with Gasteiger partial charge in [0.25, 0.3) is 0 Å². The molecule has 0 saturated carbocycles. The second-order valence-corrected chi connectivity index (χ2v) is 4.88. The van der Waals surface area contributed by atoms with Crippen LogP contribution in [-0.2, 0) is 0 Å². The molecule has 0 aliphatic rings. The van der Waals surface area contributed by atoms with Crippen molar-refractivity contribution in [3.8, 4) is 0 Å². The van der Waals surface area contributed by atoms with Crippen LogP contribution >= 0.6 is 0 Å². The Kier molecular flexibility index (Phi) is 2.97. The predicted octanol–water partition coefficient (Wildman–Crippen LogP) is 3.28. The Balaban J connectivity index is 2.85. The molecule has 0 N–H and O–H groups in total. The topological polar surface area (TPSA) is 6.48 Å². The van der Waals surface area contributed by atoms with Crippen molar-refractivity contribution in [2.45, 2.75) is 6.92 Å². The lowest BCUT2D eigenvalue weighted by Gasteiger charge is -2.24. The van der Waals surface area contributed by atoms with Gasteiger partial charge in [0.2, 0.25) is 0 Å². The molecule has 2 heteroatoms. The van der Waals surface area contributed by atoms with Gasteiger partial charge in [-0.2, -0.15) is 0 Å². The van der Waals surface area contributed by atoms with Gasteiger partial charge in [0.1, 0.15) is 0 Å². The summed E-state index contributed by atoms with van der Waals surface area (Å²) in [5, 5.41) is 2.62. The first-order chi connectivity index (χ1) is 8.02. The summed E-state index contributed by atoms with van der Waals surface area (Å²) in [7, 11) is 8.40. The normalized spacial score (nSPS) is 10.6. The molecule has 0 aliphatic carbocycles. The Hall–Kier alpha value is -1.70. The van der Waals surface area contributed by atoms with Crippen molar-refractivity contribution < 1.29 is 0 Å². The lowest BCUT2D eigenvalue weighted by Crippen LogP contribution is -2.15. The fourth-order valence-electron chi connectivity index (χ4n) is 2.46. The molecule has 0 saturated heterocycles. The third kappa shape index (κ3) is 1.95. The first-order valence-corrected chi connectivity index (χ1v) is 5.89. The van der Waals surface area contributed by atoms with Gasteiger partial charge in [0.15, 0.2) is 0 Å². The molecule has 0 amide bonds. The van der Waals surface area contributed by atoms with Crippen LogP contribution in [0.5, 0.6) is 0 Å². The Morgan fingerprint density at radius 2 is 1.53 bits per heavy atom. The van der Waals surface area contributed by atoms with Gasteiger partial charge < -0.3 is 9.80 Å². The molecule has 2 aromatic rings. The van der Waals surface area contributed by atoms with E-state index in [1.165, 1.54) is 27.7 Å². The number of nitrogens with zero attached hydrogens (tertiary/aromatic N) is 2. The molecule has 0 atom stereocenters. The molecule has 90 valence electrons. The Morgan fingerprint density at radius 3 is 2.12 bits per heavy atom. The van der Waals surface area contributed by atoms with Gasteiger partial charge in [0, 0.05) is 45.0 Å². The summed E-state index contributed by atoms with van der Waals surface area (Å²) in [5.41, 5.74) is 3.93. The molecule has 0 unspecified atom stereocenters. The molecule has 2 aromatic carbocycles. The van der Waals surface area contributed by atoms with Crippen LogP contribution in [0.3, 0.4) is 0 Å². The maximum absolute atomic E-state index is 2.26. The number of hydrogen-bond donors (Lipinski definition) is 0. The summed E-state index contributed by atoms with van der Waals surface area (Å²) in [6.07, 6.45) is 0. The van der Waals surface area contributed by atoms with E-state index in [0.717, 1.165) is 0 Å². The maximum Gasteiger partial charge on any atom is 0.0491 e. The van der Waals surface area contributed by atoms with Crippen LogP contribution in [0.25, 0.3) is 10.8 Å². The maximum atomic E-state index is 2.26. The lowest BCUT2D eigenvalue weighted by atomic mass is 10.0. The van der Waals surface area contributed by atoms with Crippen LogP contribution in [0.2, 0.25) is 0 Å². The standard InChI is InChI=1S/C15H20N2/c1-11-14(16(2)3)10-12-8-6-7-9-13(12)15(11)17(4)5/h6-10H,1-5H3. The average molecular weight is 228 g/mol. The van der Waals surface area contributed by atoms with Crippen molar-refractivity contribution in [2.75, 3.05) is 38.0 Å². The minimum atomic E-state index is 1.28. The number of fused-ring (bicyclic) bond motifs is 1. The van der Waals surface area contributed by atoms with Gasteiger partial charge >= 0.3 is 0 Å². The van der Waals surface area contributed by atoms with E-state index >= 15 is 0 Å². The smallest absolute Gasteiger partial charge is 0.0491 e. The van der Waals surface area contributed by atoms with Gasteiger partial charge in [0.05, 0.1) is 0 Å². The van der Waals surface area contributed by atoms with Crippen LogP contribution in [-0.4, -0.2) is 28.2 Å². The van der Waals surface area contributed by atoms with E-state index in [1.54, 1.807) is 0 Å². The van der Waals surface area contributed by atoms with Crippen molar-refractivity contribution in [3.63, 3.8) is 0 Å². The third-order valence-corrected chi connectivity index (χ3v) is 3.18. The van der Waals surface area contributed by atoms with Crippen molar-refractivity contribution >= 4 is 22.1 Å². The largest absolute Gasteiger partial charge is 0.377 e. The molecule has 17 heavy (non-hydrogen) atoms. The molecule has 0 radical (unpaired) electrons. The highest BCUT2D eigenvalue weighted by Gasteiger charge is 2.12. The monoisotopic (exact) mass is 228 g/mol. The molecule has 0 aliphatic heterocycles. The molecule has 0 spiro atoms. The highest BCUT2D eigenvalue weighted by atomic mass is 15.1. The molecule has 2 nitrogen and oxygen atoms in total. The summed E-state index contributed by atoms with van der Waals surface area (Å²) >= 11 is 0. The number of benzene rings is 2. The van der Waals surface area contributed by atoms with Gasteiger partial charge in [-0.3, -0.25) is 0 Å². The van der Waals surface area contributed by atoms with Crippen LogP contribution in [0.1, 0.15) is 5.56 Å². The molecule has 0 heterocycles. The Labute approximate surface area is 103 Å². The lowest BCUT2D eigenvalue weighted by molar-refractivity contribution is 1.09. The minimum absolute atomic E-state index is 1.28. The highest BCUT2D eigenvalue weighted by molar-refractivity contribution is 5.99. The van der Waals surface area contributed by atoms with Crippen LogP contribution in [0.15, 0.2) is 30.3 Å². The predicted molar refractivity (Wildman–Crippen MR) is 77.3 cm³/mol. The average Bonchev–Trinajstić information content (AvgIpc) is 2.27. The first-order valence-electron chi connectivity index (χ1n) is 5.89. The number of rotatable bonds is 2. The van der Waals surface area contributed by atoms with Gasteiger partial charge in [-0.15, -0.1) is 0 Å². The molecular weight excluding hydrogens is 208 g/mol. The second kappa shape index (κ2) is 4.28. The van der Waals surface area contributed by atoms with Gasteiger partial charge in [-0.25, -0.2) is 0 Å². The van der Waals surface area contributed by atoms with Crippen LogP contribution in [0.4, 0.5) is 11.4 Å². The molecule has 0 bridgehead atoms. The second-order valence-electron chi connectivity index (χ2n) is 4.88. The third-order valence-electron chi connectivity index (χ3n) is 3.18. The zero-order valence-electron chi connectivity index (χ0n) is 11.3. The van der Waals surface area contributed by atoms with E-state index in [0.29, 0.717) is 0 Å². The molecule has 2 rings (SSSR count). The fourth-order valence-corrected chi connectivity index (χ4v) is 2.46. The van der Waals surface area contributed by atoms with Crippen LogP contribution < -0.4 is 9.80 Å². The SMILES string of the molecule is Cc1c(N(C)C)cc2ccccc2c1N(C)C. The molecular formula is C15H20N2. The molecule has 0 aromatic heterocycles. The number of hydrogen-bond acceptors (Lipinski definition) is 2. The van der Waals surface area contributed by atoms with E-state index < -0.39 is 0 Å². The van der Waals surface area contributed by atoms with Crippen LogP contribution in [0, 0.1) is 6.92 Å². The fraction of sp³-hybridized carbons (Fsp3) is 0.333. The van der Waals surface area contributed by atoms with E-state index in [9.17, 15) is 0 Å². The van der Waals surface area contributed by atoms with E-state index in [-0.39, 0.29) is 0 Å². The van der Waals surface area contributed by atoms with E-state index in [1.807, 2.05) is 0 Å². The van der Waals surface area contributed by atoms with Crippen molar-refractivity contribution in [3.05, 3.63) is 35.9 Å². The van der Waals surface area contributed by atoms with Gasteiger partial charge in [-0.1, -0.05) is 24.3 Å². The molecule has 0 fully saturated rings. The number of anilines is 2. The minimum Gasteiger partial charge on any atom is -0.377 e. The summed E-state index contributed by atoms with van der Waals surface area (Å²) < 4.78 is 0. The quantitative estimate of drug-likeness (QED) is 0.778. The highest BCUT2D eigenvalue weighted by Crippen LogP contribution is 2.35. The Bertz CT molecular complexity index is 542. The summed E-state index contributed by atoms with van der Waals surface area (Å²) in [4.78, 5) is 4.37. The summed E-state index contributed by atoms with van der Waals surface area (Å²) in [5.74, 6) is 0. The summed E-state index contributed by atoms with van der Waals surface area (Å²) in [6, 6.07) is 10.8. The van der Waals surface area contributed by atoms with E-state index in [2.05, 4.69) is 75.2 Å². The zero-order valence-corrected chi connectivity index (χ0v) is 11.3. The van der Waals surface area contributed by atoms with Gasteiger partial charge in [-0.05, 0) is 23.9 Å². The van der Waals surface area contributed by atoms with Crippen molar-refractivity contribution in [2.24, 2.45) is 0 Å². The first kappa shape index (κ1) is 11.8. The van der Waals surface area contributed by atoms with Crippen molar-refractivity contribution in [1.29, 1.82) is 0 Å². The Morgan fingerprint density at radius 1 is 0.882 bits per heavy atom. The summed E-state index contributed by atoms with van der Waals surface area (Å²) in [6.45, 7) is 2.19.